The molecule has 0 bridgehead atoms. The first-order valence-electron chi connectivity index (χ1n) is 9.35. The van der Waals surface area contributed by atoms with Crippen LogP contribution in [0.3, 0.4) is 0 Å². The minimum atomic E-state index is -0.520. The number of halogens is 2. The van der Waals surface area contributed by atoms with Crippen molar-refractivity contribution in [3.05, 3.63) is 98.1 Å². The molecule has 0 aromatic heterocycles. The molecule has 3 aromatic carbocycles. The van der Waals surface area contributed by atoms with Crippen molar-refractivity contribution in [2.24, 2.45) is 5.10 Å². The van der Waals surface area contributed by atoms with Crippen LogP contribution in [0.15, 0.2) is 77.9 Å². The monoisotopic (exact) mass is 561 g/mol. The largest absolute Gasteiger partial charge is 0.423 e. The van der Waals surface area contributed by atoms with E-state index in [1.165, 1.54) is 12.3 Å². The van der Waals surface area contributed by atoms with Gasteiger partial charge in [-0.3, -0.25) is 9.59 Å². The average molecular weight is 562 g/mol. The molecule has 32 heavy (non-hydrogen) atoms. The number of esters is 1. The van der Waals surface area contributed by atoms with Crippen molar-refractivity contribution in [2.45, 2.75) is 0 Å². The van der Waals surface area contributed by atoms with Gasteiger partial charge in [0.2, 0.25) is 0 Å². The molecule has 162 valence electrons. The van der Waals surface area contributed by atoms with Crippen LogP contribution in [0.1, 0.15) is 26.3 Å². The molecule has 3 aromatic rings. The zero-order valence-electron chi connectivity index (χ0n) is 16.5. The number of carbonyl (C=O) groups excluding carboxylic acids is 3. The highest BCUT2D eigenvalue weighted by Gasteiger charge is 2.11. The maximum atomic E-state index is 12.1. The van der Waals surface area contributed by atoms with E-state index < -0.39 is 11.9 Å². The molecule has 0 saturated carbocycles. The Morgan fingerprint density at radius 3 is 2.47 bits per heavy atom. The summed E-state index contributed by atoms with van der Waals surface area (Å²) < 4.78 is 6.09. The van der Waals surface area contributed by atoms with Gasteiger partial charge in [-0.15, -0.1) is 0 Å². The van der Waals surface area contributed by atoms with Gasteiger partial charge in [-0.05, 0) is 82.8 Å². The fraction of sp³-hybridized carbons (Fsp3) is 0.0435. The van der Waals surface area contributed by atoms with Crippen LogP contribution in [-0.2, 0) is 4.79 Å². The minimum absolute atomic E-state index is 0.209. The second kappa shape index (κ2) is 11.4. The van der Waals surface area contributed by atoms with Gasteiger partial charge in [0.05, 0.1) is 23.9 Å². The Kier molecular flexibility index (Phi) is 8.34. The van der Waals surface area contributed by atoms with Crippen LogP contribution in [-0.4, -0.2) is 30.5 Å². The van der Waals surface area contributed by atoms with Crippen molar-refractivity contribution in [2.75, 3.05) is 6.54 Å². The Hall–Kier alpha value is -3.24. The Morgan fingerprint density at radius 2 is 1.75 bits per heavy atom. The first-order chi connectivity index (χ1) is 15.4. The third-order valence-corrected chi connectivity index (χ3v) is 5.26. The summed E-state index contributed by atoms with van der Waals surface area (Å²) in [5.41, 5.74) is 3.87. The number of ether oxygens (including phenoxy) is 1. The molecule has 7 nitrogen and oxygen atoms in total. The highest BCUT2D eigenvalue weighted by atomic mass is 127. The molecule has 0 heterocycles. The summed E-state index contributed by atoms with van der Waals surface area (Å²) in [6.45, 7) is -0.209. The van der Waals surface area contributed by atoms with E-state index in [1.54, 1.807) is 54.6 Å². The fourth-order valence-electron chi connectivity index (χ4n) is 2.52. The standard InChI is InChI=1S/C23H17ClIN3O4/c24-17-5-3-4-16(12-17)23(31)32-18-10-8-15(9-11-18)13-27-28-21(29)14-26-22(30)19-6-1-2-7-20(19)25/h1-13H,14H2,(H,26,30)(H,28,29)/b27-13-. The predicted octanol–water partition coefficient (Wildman–Crippen LogP) is 4.04. The number of hydrogen-bond donors (Lipinski definition) is 2. The third-order valence-electron chi connectivity index (χ3n) is 4.08. The van der Waals surface area contributed by atoms with Gasteiger partial charge < -0.3 is 10.1 Å². The Morgan fingerprint density at radius 1 is 1.00 bits per heavy atom. The minimum Gasteiger partial charge on any atom is -0.423 e. The van der Waals surface area contributed by atoms with Crippen LogP contribution in [0, 0.1) is 3.57 Å². The van der Waals surface area contributed by atoms with Crippen molar-refractivity contribution < 1.29 is 19.1 Å². The van der Waals surface area contributed by atoms with Crippen LogP contribution in [0.2, 0.25) is 5.02 Å². The van der Waals surface area contributed by atoms with Crippen molar-refractivity contribution >= 4 is 58.2 Å². The molecule has 0 atom stereocenters. The number of amides is 2. The van der Waals surface area contributed by atoms with Gasteiger partial charge in [0.15, 0.2) is 0 Å². The van der Waals surface area contributed by atoms with E-state index in [4.69, 9.17) is 16.3 Å². The molecule has 0 saturated heterocycles. The SMILES string of the molecule is O=C(CNC(=O)c1ccccc1I)N/N=C\c1ccc(OC(=O)c2cccc(Cl)c2)cc1. The van der Waals surface area contributed by atoms with E-state index in [1.807, 2.05) is 12.1 Å². The Labute approximate surface area is 202 Å². The highest BCUT2D eigenvalue weighted by molar-refractivity contribution is 14.1. The molecule has 0 unspecified atom stereocenters. The molecule has 0 aliphatic rings. The fourth-order valence-corrected chi connectivity index (χ4v) is 3.35. The highest BCUT2D eigenvalue weighted by Crippen LogP contribution is 2.16. The van der Waals surface area contributed by atoms with Crippen LogP contribution in [0.25, 0.3) is 0 Å². The summed E-state index contributed by atoms with van der Waals surface area (Å²) in [4.78, 5) is 36.1. The van der Waals surface area contributed by atoms with E-state index in [9.17, 15) is 14.4 Å². The number of benzene rings is 3. The summed E-state index contributed by atoms with van der Waals surface area (Å²) in [6, 6.07) is 20.1. The number of carbonyl (C=O) groups is 3. The van der Waals surface area contributed by atoms with Crippen LogP contribution in [0.4, 0.5) is 0 Å². The van der Waals surface area contributed by atoms with E-state index >= 15 is 0 Å². The molecule has 0 fully saturated rings. The lowest BCUT2D eigenvalue weighted by atomic mass is 10.2. The van der Waals surface area contributed by atoms with Gasteiger partial charge in [0.1, 0.15) is 5.75 Å². The predicted molar refractivity (Wildman–Crippen MR) is 130 cm³/mol. The topological polar surface area (TPSA) is 96.9 Å². The van der Waals surface area contributed by atoms with Gasteiger partial charge in [-0.2, -0.15) is 5.10 Å². The van der Waals surface area contributed by atoms with Crippen molar-refractivity contribution in [1.82, 2.24) is 10.7 Å². The normalized spacial score (nSPS) is 10.6. The molecule has 0 spiro atoms. The zero-order valence-corrected chi connectivity index (χ0v) is 19.5. The lowest BCUT2D eigenvalue weighted by Crippen LogP contribution is -2.35. The van der Waals surface area contributed by atoms with Crippen LogP contribution in [0.5, 0.6) is 5.75 Å². The van der Waals surface area contributed by atoms with Crippen molar-refractivity contribution in [3.8, 4) is 5.75 Å². The molecule has 2 amide bonds. The number of nitrogens with one attached hydrogen (secondary N) is 2. The van der Waals surface area contributed by atoms with Gasteiger partial charge in [-0.1, -0.05) is 29.8 Å². The van der Waals surface area contributed by atoms with Crippen molar-refractivity contribution in [1.29, 1.82) is 0 Å². The summed E-state index contributed by atoms with van der Waals surface area (Å²) in [6.07, 6.45) is 1.43. The average Bonchev–Trinajstić information content (AvgIpc) is 2.79. The quantitative estimate of drug-likeness (QED) is 0.150. The van der Waals surface area contributed by atoms with Gasteiger partial charge in [-0.25, -0.2) is 10.2 Å². The second-order valence-electron chi connectivity index (χ2n) is 6.42. The summed E-state index contributed by atoms with van der Waals surface area (Å²) in [7, 11) is 0. The maximum Gasteiger partial charge on any atom is 0.343 e. The molecule has 0 aliphatic carbocycles. The van der Waals surface area contributed by atoms with Crippen LogP contribution >= 0.6 is 34.2 Å². The van der Waals surface area contributed by atoms with E-state index in [-0.39, 0.29) is 12.5 Å². The number of hydrazone groups is 1. The Bertz CT molecular complexity index is 1170. The number of nitrogens with zero attached hydrogens (tertiary/aromatic N) is 1. The Balaban J connectivity index is 1.46. The smallest absolute Gasteiger partial charge is 0.343 e. The summed E-state index contributed by atoms with van der Waals surface area (Å²) in [5, 5.41) is 6.85. The maximum absolute atomic E-state index is 12.1. The summed E-state index contributed by atoms with van der Waals surface area (Å²) in [5.74, 6) is -0.965. The van der Waals surface area contributed by atoms with E-state index in [0.29, 0.717) is 27.5 Å². The molecule has 2 N–H and O–H groups in total. The number of hydrogen-bond acceptors (Lipinski definition) is 5. The van der Waals surface area contributed by atoms with Gasteiger partial charge in [0.25, 0.3) is 11.8 Å². The third kappa shape index (κ3) is 6.89. The molecule has 3 rings (SSSR count). The lowest BCUT2D eigenvalue weighted by molar-refractivity contribution is -0.120. The molecular formula is C23H17ClIN3O4. The van der Waals surface area contributed by atoms with Gasteiger partial charge >= 0.3 is 5.97 Å². The van der Waals surface area contributed by atoms with E-state index in [2.05, 4.69) is 38.4 Å². The first-order valence-corrected chi connectivity index (χ1v) is 10.8. The molecule has 9 heteroatoms. The number of rotatable bonds is 7. The second-order valence-corrected chi connectivity index (χ2v) is 8.02. The van der Waals surface area contributed by atoms with E-state index in [0.717, 1.165) is 3.57 Å². The van der Waals surface area contributed by atoms with Gasteiger partial charge in [0, 0.05) is 8.59 Å². The lowest BCUT2D eigenvalue weighted by Gasteiger charge is -2.06. The molecular weight excluding hydrogens is 545 g/mol. The van der Waals surface area contributed by atoms with Crippen molar-refractivity contribution in [3.63, 3.8) is 0 Å². The summed E-state index contributed by atoms with van der Waals surface area (Å²) >= 11 is 7.94. The van der Waals surface area contributed by atoms with Crippen LogP contribution < -0.4 is 15.5 Å². The first kappa shape index (κ1) is 23.4. The zero-order chi connectivity index (χ0) is 22.9. The molecule has 0 aliphatic heterocycles. The molecule has 0 radical (unpaired) electrons.